The average molecular weight is 349 g/mol. The number of ether oxygens (including phenoxy) is 1. The third kappa shape index (κ3) is 2.42. The Balaban J connectivity index is 2.30. The maximum Gasteiger partial charge on any atom is 0.357 e. The first-order valence-corrected chi connectivity index (χ1v) is 6.91. The molecule has 2 aromatic heterocycles. The lowest BCUT2D eigenvalue weighted by atomic mass is 10.1. The summed E-state index contributed by atoms with van der Waals surface area (Å²) in [5.41, 5.74) is 2.02. The molecule has 4 nitrogen and oxygen atoms in total. The van der Waals surface area contributed by atoms with Crippen LogP contribution in [0.3, 0.4) is 0 Å². The zero-order valence-corrected chi connectivity index (χ0v) is 12.6. The summed E-state index contributed by atoms with van der Waals surface area (Å²) in [6.45, 7) is 0. The van der Waals surface area contributed by atoms with Gasteiger partial charge in [0.1, 0.15) is 17.2 Å². The van der Waals surface area contributed by atoms with Crippen LogP contribution in [0.1, 0.15) is 10.5 Å². The van der Waals surface area contributed by atoms with Gasteiger partial charge in [-0.2, -0.15) is 0 Å². The lowest BCUT2D eigenvalue weighted by Crippen LogP contribution is -2.07. The fourth-order valence-corrected chi connectivity index (χ4v) is 2.46. The summed E-state index contributed by atoms with van der Waals surface area (Å²) in [5, 5.41) is 0. The van der Waals surface area contributed by atoms with E-state index in [4.69, 9.17) is 4.74 Å². The molecule has 0 amide bonds. The Bertz CT molecular complexity index is 828. The van der Waals surface area contributed by atoms with Gasteiger partial charge in [0.2, 0.25) is 0 Å². The molecule has 3 rings (SSSR count). The van der Waals surface area contributed by atoms with E-state index < -0.39 is 5.97 Å². The number of halogens is 2. The van der Waals surface area contributed by atoms with Crippen molar-refractivity contribution in [1.82, 2.24) is 9.38 Å². The van der Waals surface area contributed by atoms with Gasteiger partial charge in [0.25, 0.3) is 0 Å². The first kappa shape index (κ1) is 13.8. The molecule has 0 bridgehead atoms. The molecule has 0 aliphatic rings. The van der Waals surface area contributed by atoms with Crippen molar-refractivity contribution in [3.05, 3.63) is 58.6 Å². The van der Waals surface area contributed by atoms with Crippen LogP contribution in [0.5, 0.6) is 0 Å². The molecule has 0 aliphatic carbocycles. The highest BCUT2D eigenvalue weighted by atomic mass is 79.9. The zero-order chi connectivity index (χ0) is 15.0. The lowest BCUT2D eigenvalue weighted by molar-refractivity contribution is 0.0594. The molecule has 21 heavy (non-hydrogen) atoms. The van der Waals surface area contributed by atoms with Gasteiger partial charge in [-0.3, -0.25) is 4.40 Å². The first-order valence-electron chi connectivity index (χ1n) is 6.12. The lowest BCUT2D eigenvalue weighted by Gasteiger charge is -2.03. The predicted molar refractivity (Wildman–Crippen MR) is 79.6 cm³/mol. The number of rotatable bonds is 2. The van der Waals surface area contributed by atoms with Crippen molar-refractivity contribution in [2.24, 2.45) is 0 Å². The normalized spacial score (nSPS) is 10.8. The van der Waals surface area contributed by atoms with Crippen molar-refractivity contribution in [2.45, 2.75) is 0 Å². The van der Waals surface area contributed by atoms with Crippen molar-refractivity contribution in [1.29, 1.82) is 0 Å². The molecule has 0 radical (unpaired) electrons. The van der Waals surface area contributed by atoms with Crippen LogP contribution in [0.25, 0.3) is 16.9 Å². The molecule has 3 aromatic rings. The fourth-order valence-electron chi connectivity index (χ4n) is 2.12. The third-order valence-corrected chi connectivity index (χ3v) is 3.55. The molecule has 0 saturated heterocycles. The molecule has 0 N–H and O–H groups in total. The minimum absolute atomic E-state index is 0.306. The van der Waals surface area contributed by atoms with Gasteiger partial charge in [-0.15, -0.1) is 0 Å². The quantitative estimate of drug-likeness (QED) is 0.663. The Hall–Kier alpha value is -2.21. The molecule has 0 atom stereocenters. The number of hydrogen-bond acceptors (Lipinski definition) is 3. The topological polar surface area (TPSA) is 43.6 Å². The van der Waals surface area contributed by atoms with E-state index >= 15 is 0 Å². The van der Waals surface area contributed by atoms with Crippen molar-refractivity contribution in [3.63, 3.8) is 0 Å². The van der Waals surface area contributed by atoms with Crippen molar-refractivity contribution >= 4 is 27.5 Å². The van der Waals surface area contributed by atoms with Gasteiger partial charge in [0.15, 0.2) is 5.69 Å². The summed E-state index contributed by atoms with van der Waals surface area (Å²) in [6, 6.07) is 9.44. The van der Waals surface area contributed by atoms with Crippen LogP contribution in [0.15, 0.2) is 47.1 Å². The average Bonchev–Trinajstić information content (AvgIpc) is 2.85. The smallest absolute Gasteiger partial charge is 0.357 e. The number of benzene rings is 1. The number of hydrogen-bond donors (Lipinski definition) is 0. The highest BCUT2D eigenvalue weighted by molar-refractivity contribution is 9.10. The van der Waals surface area contributed by atoms with E-state index in [2.05, 4.69) is 20.9 Å². The summed E-state index contributed by atoms with van der Waals surface area (Å²) in [5.74, 6) is -0.843. The molecular weight excluding hydrogens is 339 g/mol. The minimum Gasteiger partial charge on any atom is -0.464 e. The summed E-state index contributed by atoms with van der Waals surface area (Å²) >= 11 is 3.36. The minimum atomic E-state index is -0.500. The standard InChI is InChI=1S/C15H10BrFN2O2/c1-21-15(20)14-13(9-2-5-11(17)6-3-9)18-12-7-4-10(16)8-19(12)14/h2-8H,1H3. The Morgan fingerprint density at radius 1 is 1.24 bits per heavy atom. The Kier molecular flexibility index (Phi) is 3.47. The molecule has 106 valence electrons. The van der Waals surface area contributed by atoms with Gasteiger partial charge >= 0.3 is 5.97 Å². The molecule has 0 saturated carbocycles. The second kappa shape index (κ2) is 5.29. The number of pyridine rings is 1. The van der Waals surface area contributed by atoms with E-state index in [0.717, 1.165) is 4.47 Å². The van der Waals surface area contributed by atoms with Crippen molar-refractivity contribution < 1.29 is 13.9 Å². The number of aromatic nitrogens is 2. The van der Waals surface area contributed by atoms with Crippen LogP contribution < -0.4 is 0 Å². The van der Waals surface area contributed by atoms with Gasteiger partial charge < -0.3 is 4.74 Å². The van der Waals surface area contributed by atoms with E-state index in [0.29, 0.717) is 22.6 Å². The maximum atomic E-state index is 13.1. The van der Waals surface area contributed by atoms with Crippen LogP contribution in [-0.2, 0) is 4.74 Å². The van der Waals surface area contributed by atoms with Gasteiger partial charge in [-0.25, -0.2) is 14.2 Å². The van der Waals surface area contributed by atoms with E-state index in [1.807, 2.05) is 6.07 Å². The number of nitrogens with zero attached hydrogens (tertiary/aromatic N) is 2. The summed E-state index contributed by atoms with van der Waals surface area (Å²) < 4.78 is 20.4. The Labute approximate surface area is 128 Å². The number of imidazole rings is 1. The van der Waals surface area contributed by atoms with Crippen molar-refractivity contribution in [2.75, 3.05) is 7.11 Å². The molecule has 0 aliphatic heterocycles. The molecule has 0 spiro atoms. The zero-order valence-electron chi connectivity index (χ0n) is 11.0. The van der Waals surface area contributed by atoms with Gasteiger partial charge in [-0.1, -0.05) is 0 Å². The second-order valence-corrected chi connectivity index (χ2v) is 5.30. The van der Waals surface area contributed by atoms with Crippen LogP contribution in [0.4, 0.5) is 4.39 Å². The summed E-state index contributed by atoms with van der Waals surface area (Å²) in [4.78, 5) is 16.5. The first-order chi connectivity index (χ1) is 10.1. The highest BCUT2D eigenvalue weighted by Gasteiger charge is 2.21. The molecule has 1 aromatic carbocycles. The fraction of sp³-hybridized carbons (Fsp3) is 0.0667. The summed E-state index contributed by atoms with van der Waals surface area (Å²) in [7, 11) is 1.31. The van der Waals surface area contributed by atoms with E-state index in [1.165, 1.54) is 19.2 Å². The Morgan fingerprint density at radius 3 is 2.62 bits per heavy atom. The largest absolute Gasteiger partial charge is 0.464 e. The number of carbonyl (C=O) groups is 1. The van der Waals surface area contributed by atoms with Crippen LogP contribution in [0.2, 0.25) is 0 Å². The van der Waals surface area contributed by atoms with Crippen LogP contribution in [-0.4, -0.2) is 22.5 Å². The third-order valence-electron chi connectivity index (χ3n) is 3.08. The van der Waals surface area contributed by atoms with E-state index in [9.17, 15) is 9.18 Å². The molecule has 2 heterocycles. The maximum absolute atomic E-state index is 13.1. The van der Waals surface area contributed by atoms with Crippen LogP contribution >= 0.6 is 15.9 Å². The SMILES string of the molecule is COC(=O)c1c(-c2ccc(F)cc2)nc2ccc(Br)cn12. The van der Waals surface area contributed by atoms with Gasteiger partial charge in [-0.05, 0) is 52.3 Å². The van der Waals surface area contributed by atoms with Gasteiger partial charge in [0, 0.05) is 16.2 Å². The molecular formula is C15H10BrFN2O2. The van der Waals surface area contributed by atoms with Crippen molar-refractivity contribution in [3.8, 4) is 11.3 Å². The number of carbonyl (C=O) groups excluding carboxylic acids is 1. The molecule has 6 heteroatoms. The summed E-state index contributed by atoms with van der Waals surface area (Å²) in [6.07, 6.45) is 1.74. The number of esters is 1. The second-order valence-electron chi connectivity index (χ2n) is 4.38. The monoisotopic (exact) mass is 348 g/mol. The molecule has 0 fully saturated rings. The van der Waals surface area contributed by atoms with Gasteiger partial charge in [0.05, 0.1) is 7.11 Å². The number of methoxy groups -OCH3 is 1. The number of fused-ring (bicyclic) bond motifs is 1. The Morgan fingerprint density at radius 2 is 1.95 bits per heavy atom. The van der Waals surface area contributed by atoms with Crippen LogP contribution in [0, 0.1) is 5.82 Å². The van der Waals surface area contributed by atoms with E-state index in [-0.39, 0.29) is 5.82 Å². The van der Waals surface area contributed by atoms with E-state index in [1.54, 1.807) is 28.8 Å². The molecule has 0 unspecified atom stereocenters. The predicted octanol–water partition coefficient (Wildman–Crippen LogP) is 3.69. The highest BCUT2D eigenvalue weighted by Crippen LogP contribution is 2.26.